The molecule has 0 saturated carbocycles. The Morgan fingerprint density at radius 1 is 1.27 bits per heavy atom. The molecule has 0 bridgehead atoms. The molecule has 1 unspecified atom stereocenters. The van der Waals surface area contributed by atoms with Crippen LogP contribution < -0.4 is 19.7 Å². The highest BCUT2D eigenvalue weighted by atomic mass is 16.6. The topological polar surface area (TPSA) is 111 Å². The summed E-state index contributed by atoms with van der Waals surface area (Å²) in [5.74, 6) is -0.129. The smallest absolute Gasteiger partial charge is 0.273 e. The predicted octanol–water partition coefficient (Wildman–Crippen LogP) is 3.38. The minimum Gasteiger partial charge on any atom is -0.494 e. The van der Waals surface area contributed by atoms with Crippen LogP contribution in [-0.4, -0.2) is 37.0 Å². The van der Waals surface area contributed by atoms with Crippen molar-refractivity contribution in [3.05, 3.63) is 52.6 Å². The van der Waals surface area contributed by atoms with E-state index in [-0.39, 0.29) is 36.2 Å². The standard InChI is InChI=1S/C21H23N3O6/c1-3-10-30-17-7-4-15(5-8-17)23-13-14(11-20(23)25)21(26)22-18-9-6-16(24(27)28)12-19(18)29-2/h4-9,12,14H,3,10-11,13H2,1-2H3,(H,22,26). The summed E-state index contributed by atoms with van der Waals surface area (Å²) in [6.45, 7) is 2.89. The van der Waals surface area contributed by atoms with E-state index in [0.717, 1.165) is 12.2 Å². The zero-order valence-electron chi connectivity index (χ0n) is 16.8. The van der Waals surface area contributed by atoms with Crippen LogP contribution in [-0.2, 0) is 9.59 Å². The molecule has 3 rings (SSSR count). The first kappa shape index (κ1) is 21.1. The Labute approximate surface area is 173 Å². The summed E-state index contributed by atoms with van der Waals surface area (Å²) >= 11 is 0. The van der Waals surface area contributed by atoms with Crippen LogP contribution in [0.5, 0.6) is 11.5 Å². The molecular formula is C21H23N3O6. The Hall–Kier alpha value is -3.62. The Bertz CT molecular complexity index is 944. The molecule has 9 nitrogen and oxygen atoms in total. The van der Waals surface area contributed by atoms with Crippen molar-refractivity contribution in [3.8, 4) is 11.5 Å². The van der Waals surface area contributed by atoms with E-state index >= 15 is 0 Å². The number of hydrogen-bond acceptors (Lipinski definition) is 6. The molecule has 1 heterocycles. The number of rotatable bonds is 8. The molecule has 1 aliphatic heterocycles. The third-order valence-electron chi connectivity index (χ3n) is 4.77. The summed E-state index contributed by atoms with van der Waals surface area (Å²) in [6, 6.07) is 11.1. The van der Waals surface area contributed by atoms with Crippen molar-refractivity contribution in [2.75, 3.05) is 30.5 Å². The molecule has 9 heteroatoms. The lowest BCUT2D eigenvalue weighted by Gasteiger charge is -2.17. The molecule has 1 fully saturated rings. The van der Waals surface area contributed by atoms with Crippen molar-refractivity contribution >= 4 is 28.9 Å². The summed E-state index contributed by atoms with van der Waals surface area (Å²) in [7, 11) is 1.36. The summed E-state index contributed by atoms with van der Waals surface area (Å²) in [6.07, 6.45) is 0.984. The Morgan fingerprint density at radius 2 is 2.00 bits per heavy atom. The van der Waals surface area contributed by atoms with Crippen LogP contribution in [0.15, 0.2) is 42.5 Å². The minimum atomic E-state index is -0.548. The van der Waals surface area contributed by atoms with Gasteiger partial charge in [-0.25, -0.2) is 0 Å². The van der Waals surface area contributed by atoms with Crippen LogP contribution >= 0.6 is 0 Å². The fourth-order valence-electron chi connectivity index (χ4n) is 3.21. The van der Waals surface area contributed by atoms with Gasteiger partial charge in [0.05, 0.1) is 36.3 Å². The van der Waals surface area contributed by atoms with Gasteiger partial charge in [0, 0.05) is 24.7 Å². The lowest BCUT2D eigenvalue weighted by molar-refractivity contribution is -0.384. The molecule has 30 heavy (non-hydrogen) atoms. The van der Waals surface area contributed by atoms with Crippen LogP contribution in [0.25, 0.3) is 0 Å². The van der Waals surface area contributed by atoms with Crippen LogP contribution in [0.1, 0.15) is 19.8 Å². The highest BCUT2D eigenvalue weighted by Crippen LogP contribution is 2.31. The second-order valence-electron chi connectivity index (χ2n) is 6.88. The summed E-state index contributed by atoms with van der Waals surface area (Å²) in [5, 5.41) is 13.6. The van der Waals surface area contributed by atoms with Gasteiger partial charge in [-0.1, -0.05) is 6.92 Å². The van der Waals surface area contributed by atoms with E-state index in [1.807, 2.05) is 6.92 Å². The first-order chi connectivity index (χ1) is 14.4. The minimum absolute atomic E-state index is 0.0786. The van der Waals surface area contributed by atoms with E-state index in [1.54, 1.807) is 29.2 Å². The second kappa shape index (κ2) is 9.25. The number of hydrogen-bond donors (Lipinski definition) is 1. The maximum absolute atomic E-state index is 12.7. The third kappa shape index (κ3) is 4.68. The van der Waals surface area contributed by atoms with Gasteiger partial charge in [-0.15, -0.1) is 0 Å². The van der Waals surface area contributed by atoms with Gasteiger partial charge in [-0.2, -0.15) is 0 Å². The Kier molecular flexibility index (Phi) is 6.51. The molecule has 1 aliphatic rings. The quantitative estimate of drug-likeness (QED) is 0.525. The van der Waals surface area contributed by atoms with Crippen molar-refractivity contribution in [3.63, 3.8) is 0 Å². The molecule has 0 aliphatic carbocycles. The largest absolute Gasteiger partial charge is 0.494 e. The fourth-order valence-corrected chi connectivity index (χ4v) is 3.21. The number of carbonyl (C=O) groups excluding carboxylic acids is 2. The average molecular weight is 413 g/mol. The number of nitro benzene ring substituents is 1. The van der Waals surface area contributed by atoms with Gasteiger partial charge in [0.25, 0.3) is 5.69 Å². The van der Waals surface area contributed by atoms with Crippen molar-refractivity contribution in [1.29, 1.82) is 0 Å². The number of methoxy groups -OCH3 is 1. The third-order valence-corrected chi connectivity index (χ3v) is 4.77. The van der Waals surface area contributed by atoms with E-state index in [1.165, 1.54) is 25.3 Å². The highest BCUT2D eigenvalue weighted by molar-refractivity contribution is 6.04. The SMILES string of the molecule is CCCOc1ccc(N2CC(C(=O)Nc3ccc([N+](=O)[O-])cc3OC)CC2=O)cc1. The number of nitro groups is 1. The van der Waals surface area contributed by atoms with Crippen molar-refractivity contribution < 1.29 is 24.0 Å². The van der Waals surface area contributed by atoms with Gasteiger partial charge < -0.3 is 19.7 Å². The molecule has 0 aromatic heterocycles. The van der Waals surface area contributed by atoms with E-state index in [9.17, 15) is 19.7 Å². The van der Waals surface area contributed by atoms with Crippen molar-refractivity contribution in [1.82, 2.24) is 0 Å². The van der Waals surface area contributed by atoms with Crippen LogP contribution in [0.3, 0.4) is 0 Å². The van der Waals surface area contributed by atoms with Gasteiger partial charge in [-0.05, 0) is 36.8 Å². The van der Waals surface area contributed by atoms with Crippen molar-refractivity contribution in [2.45, 2.75) is 19.8 Å². The van der Waals surface area contributed by atoms with E-state index in [2.05, 4.69) is 5.32 Å². The maximum atomic E-state index is 12.7. The molecule has 2 amide bonds. The molecule has 158 valence electrons. The summed E-state index contributed by atoms with van der Waals surface area (Å²) in [4.78, 5) is 37.1. The van der Waals surface area contributed by atoms with Crippen LogP contribution in [0.2, 0.25) is 0 Å². The highest BCUT2D eigenvalue weighted by Gasteiger charge is 2.35. The van der Waals surface area contributed by atoms with E-state index < -0.39 is 10.8 Å². The number of ether oxygens (including phenoxy) is 2. The van der Waals surface area contributed by atoms with Gasteiger partial charge in [-0.3, -0.25) is 19.7 Å². The van der Waals surface area contributed by atoms with E-state index in [4.69, 9.17) is 9.47 Å². The number of benzene rings is 2. The Balaban J connectivity index is 1.67. The van der Waals surface area contributed by atoms with Gasteiger partial charge >= 0.3 is 0 Å². The van der Waals surface area contributed by atoms with Crippen molar-refractivity contribution in [2.24, 2.45) is 5.92 Å². The molecule has 0 radical (unpaired) electrons. The van der Waals surface area contributed by atoms with Crippen LogP contribution in [0, 0.1) is 16.0 Å². The normalized spacial score (nSPS) is 15.7. The number of non-ortho nitro benzene ring substituents is 1. The lowest BCUT2D eigenvalue weighted by atomic mass is 10.1. The number of amides is 2. The summed E-state index contributed by atoms with van der Waals surface area (Å²) < 4.78 is 10.7. The second-order valence-corrected chi connectivity index (χ2v) is 6.88. The number of nitrogens with one attached hydrogen (secondary N) is 1. The number of anilines is 2. The Morgan fingerprint density at radius 3 is 2.63 bits per heavy atom. The lowest BCUT2D eigenvalue weighted by Crippen LogP contribution is -2.28. The first-order valence-electron chi connectivity index (χ1n) is 9.59. The fraction of sp³-hybridized carbons (Fsp3) is 0.333. The van der Waals surface area contributed by atoms with E-state index in [0.29, 0.717) is 18.0 Å². The molecule has 0 spiro atoms. The van der Waals surface area contributed by atoms with Gasteiger partial charge in [0.1, 0.15) is 11.5 Å². The molecule has 1 N–H and O–H groups in total. The number of nitrogens with zero attached hydrogens (tertiary/aromatic N) is 2. The molecule has 1 saturated heterocycles. The molecule has 2 aromatic rings. The average Bonchev–Trinajstić information content (AvgIpc) is 3.14. The molecule has 2 aromatic carbocycles. The first-order valence-corrected chi connectivity index (χ1v) is 9.59. The van der Waals surface area contributed by atoms with Gasteiger partial charge in [0.2, 0.25) is 11.8 Å². The summed E-state index contributed by atoms with van der Waals surface area (Å²) in [5.41, 5.74) is 0.877. The molecule has 1 atom stereocenters. The number of carbonyl (C=O) groups is 2. The molecular weight excluding hydrogens is 390 g/mol. The predicted molar refractivity (Wildman–Crippen MR) is 111 cm³/mol. The zero-order valence-corrected chi connectivity index (χ0v) is 16.8. The zero-order chi connectivity index (χ0) is 21.7. The monoisotopic (exact) mass is 413 g/mol. The maximum Gasteiger partial charge on any atom is 0.273 e. The van der Waals surface area contributed by atoms with Gasteiger partial charge in [0.15, 0.2) is 0 Å². The van der Waals surface area contributed by atoms with Crippen LogP contribution in [0.4, 0.5) is 17.1 Å².